The Bertz CT molecular complexity index is 311. The van der Waals surface area contributed by atoms with Gasteiger partial charge in [-0.1, -0.05) is 32.0 Å². The zero-order chi connectivity index (χ0) is 12.5. The smallest absolute Gasteiger partial charge is 0.0346 e. The van der Waals surface area contributed by atoms with E-state index in [9.17, 15) is 0 Å². The molecule has 0 aliphatic heterocycles. The lowest BCUT2D eigenvalue weighted by molar-refractivity contribution is 0.324. The van der Waals surface area contributed by atoms with Crippen LogP contribution in [0.15, 0.2) is 24.3 Å². The van der Waals surface area contributed by atoms with E-state index in [0.29, 0.717) is 0 Å². The van der Waals surface area contributed by atoms with Gasteiger partial charge in [-0.3, -0.25) is 0 Å². The van der Waals surface area contributed by atoms with Gasteiger partial charge in [-0.2, -0.15) is 11.8 Å². The van der Waals surface area contributed by atoms with Crippen LogP contribution in [0.4, 0.5) is 5.69 Å². The summed E-state index contributed by atoms with van der Waals surface area (Å²) in [7, 11) is 0. The summed E-state index contributed by atoms with van der Waals surface area (Å²) in [6, 6.07) is 8.16. The molecule has 0 saturated heterocycles. The molecule has 96 valence electrons. The van der Waals surface area contributed by atoms with Crippen molar-refractivity contribution in [1.29, 1.82) is 0 Å². The largest absolute Gasteiger partial charge is 0.399 e. The number of nitrogens with two attached hydrogens (primary N) is 1. The highest BCUT2D eigenvalue weighted by Gasteiger charge is 2.00. The minimum Gasteiger partial charge on any atom is -0.399 e. The standard InChI is InChI=1S/C14H24N2S/c1-3-16(4-2)10-12-17-11-9-13-7-5-6-8-14(13)15/h5-8H,3-4,9-12,15H2,1-2H3. The lowest BCUT2D eigenvalue weighted by Gasteiger charge is -2.17. The third kappa shape index (κ3) is 5.46. The maximum Gasteiger partial charge on any atom is 0.0346 e. The van der Waals surface area contributed by atoms with Crippen LogP contribution < -0.4 is 5.73 Å². The number of thioether (sulfide) groups is 1. The quantitative estimate of drug-likeness (QED) is 0.570. The number of aryl methyl sites for hydroxylation is 1. The first-order valence-electron chi connectivity index (χ1n) is 6.41. The maximum atomic E-state index is 5.91. The summed E-state index contributed by atoms with van der Waals surface area (Å²) in [5.74, 6) is 2.38. The Labute approximate surface area is 110 Å². The van der Waals surface area contributed by atoms with Crippen LogP contribution in [0.1, 0.15) is 19.4 Å². The first-order chi connectivity index (χ1) is 8.27. The highest BCUT2D eigenvalue weighted by Crippen LogP contribution is 2.13. The van der Waals surface area contributed by atoms with Crippen molar-refractivity contribution in [3.63, 3.8) is 0 Å². The normalized spacial score (nSPS) is 11.0. The minimum absolute atomic E-state index is 0.928. The molecule has 0 spiro atoms. The highest BCUT2D eigenvalue weighted by atomic mass is 32.2. The molecule has 0 atom stereocenters. The van der Waals surface area contributed by atoms with Crippen molar-refractivity contribution < 1.29 is 0 Å². The monoisotopic (exact) mass is 252 g/mol. The molecule has 0 saturated carbocycles. The first kappa shape index (κ1) is 14.4. The Morgan fingerprint density at radius 2 is 1.82 bits per heavy atom. The van der Waals surface area contributed by atoms with Crippen LogP contribution in [0, 0.1) is 0 Å². The van der Waals surface area contributed by atoms with Gasteiger partial charge >= 0.3 is 0 Å². The van der Waals surface area contributed by atoms with Gasteiger partial charge in [-0.25, -0.2) is 0 Å². The van der Waals surface area contributed by atoms with Crippen LogP contribution in [0.25, 0.3) is 0 Å². The van der Waals surface area contributed by atoms with Crippen LogP contribution in [0.5, 0.6) is 0 Å². The van der Waals surface area contributed by atoms with Crippen molar-refractivity contribution in [2.45, 2.75) is 20.3 Å². The summed E-state index contributed by atoms with van der Waals surface area (Å²) in [6.45, 7) is 7.95. The molecule has 3 heteroatoms. The predicted molar refractivity (Wildman–Crippen MR) is 79.7 cm³/mol. The summed E-state index contributed by atoms with van der Waals surface area (Å²) in [6.07, 6.45) is 1.08. The van der Waals surface area contributed by atoms with Gasteiger partial charge < -0.3 is 10.6 Å². The van der Waals surface area contributed by atoms with Gasteiger partial charge in [-0.15, -0.1) is 0 Å². The van der Waals surface area contributed by atoms with E-state index in [-0.39, 0.29) is 0 Å². The van der Waals surface area contributed by atoms with Crippen LogP contribution in [-0.4, -0.2) is 36.0 Å². The molecular weight excluding hydrogens is 228 g/mol. The summed E-state index contributed by atoms with van der Waals surface area (Å²) in [5.41, 5.74) is 8.12. The molecule has 0 aliphatic carbocycles. The van der Waals surface area contributed by atoms with Gasteiger partial charge in [0.05, 0.1) is 0 Å². The topological polar surface area (TPSA) is 29.3 Å². The van der Waals surface area contributed by atoms with Gasteiger partial charge in [0.25, 0.3) is 0 Å². The summed E-state index contributed by atoms with van der Waals surface area (Å²) in [5, 5.41) is 0. The molecule has 0 heterocycles. The molecule has 1 rings (SSSR count). The van der Waals surface area contributed by atoms with E-state index in [4.69, 9.17) is 5.73 Å². The number of anilines is 1. The average molecular weight is 252 g/mol. The third-order valence-corrected chi connectivity index (χ3v) is 3.98. The van der Waals surface area contributed by atoms with Gasteiger partial charge in [0.15, 0.2) is 0 Å². The Morgan fingerprint density at radius 1 is 1.12 bits per heavy atom. The van der Waals surface area contributed by atoms with Gasteiger partial charge in [0.1, 0.15) is 0 Å². The molecule has 0 unspecified atom stereocenters. The molecule has 1 aromatic rings. The maximum absolute atomic E-state index is 5.91. The van der Waals surface area contributed by atoms with Crippen molar-refractivity contribution in [3.05, 3.63) is 29.8 Å². The number of nitrogen functional groups attached to an aromatic ring is 1. The van der Waals surface area contributed by atoms with Crippen molar-refractivity contribution in [2.24, 2.45) is 0 Å². The van der Waals surface area contributed by atoms with Crippen molar-refractivity contribution in [3.8, 4) is 0 Å². The number of hydrogen-bond donors (Lipinski definition) is 1. The zero-order valence-corrected chi connectivity index (χ0v) is 11.8. The van der Waals surface area contributed by atoms with E-state index in [1.165, 1.54) is 17.9 Å². The second kappa shape index (κ2) is 8.43. The summed E-state index contributed by atoms with van der Waals surface area (Å²) < 4.78 is 0. The fourth-order valence-corrected chi connectivity index (χ4v) is 2.74. The van der Waals surface area contributed by atoms with Crippen LogP contribution in [0.3, 0.4) is 0 Å². The van der Waals surface area contributed by atoms with Crippen molar-refractivity contribution in [1.82, 2.24) is 4.90 Å². The molecule has 0 aliphatic rings. The molecule has 0 fully saturated rings. The Morgan fingerprint density at radius 3 is 2.47 bits per heavy atom. The van der Waals surface area contributed by atoms with E-state index < -0.39 is 0 Å². The molecule has 2 N–H and O–H groups in total. The number of hydrogen-bond acceptors (Lipinski definition) is 3. The molecule has 2 nitrogen and oxygen atoms in total. The second-order valence-corrected chi connectivity index (χ2v) is 5.31. The predicted octanol–water partition coefficient (Wildman–Crippen LogP) is 2.89. The average Bonchev–Trinajstić information content (AvgIpc) is 2.36. The summed E-state index contributed by atoms with van der Waals surface area (Å²) in [4.78, 5) is 2.46. The van der Waals surface area contributed by atoms with Gasteiger partial charge in [0, 0.05) is 18.0 Å². The lowest BCUT2D eigenvalue weighted by atomic mass is 10.1. The number of rotatable bonds is 8. The van der Waals surface area contributed by atoms with Crippen LogP contribution in [0.2, 0.25) is 0 Å². The molecule has 0 aromatic heterocycles. The minimum atomic E-state index is 0.928. The Hall–Kier alpha value is -0.670. The summed E-state index contributed by atoms with van der Waals surface area (Å²) >= 11 is 2.02. The first-order valence-corrected chi connectivity index (χ1v) is 7.56. The van der Waals surface area contributed by atoms with Crippen LogP contribution >= 0.6 is 11.8 Å². The third-order valence-electron chi connectivity index (χ3n) is 3.02. The lowest BCUT2D eigenvalue weighted by Crippen LogP contribution is -2.25. The van der Waals surface area contributed by atoms with E-state index in [2.05, 4.69) is 30.9 Å². The number of nitrogens with zero attached hydrogens (tertiary/aromatic N) is 1. The van der Waals surface area contributed by atoms with E-state index in [0.717, 1.165) is 31.0 Å². The van der Waals surface area contributed by atoms with Crippen molar-refractivity contribution >= 4 is 17.4 Å². The van der Waals surface area contributed by atoms with Crippen LogP contribution in [-0.2, 0) is 6.42 Å². The fraction of sp³-hybridized carbons (Fsp3) is 0.571. The molecule has 1 aromatic carbocycles. The zero-order valence-electron chi connectivity index (χ0n) is 11.0. The molecule has 0 bridgehead atoms. The number of para-hydroxylation sites is 1. The molecule has 0 radical (unpaired) electrons. The molecular formula is C14H24N2S. The van der Waals surface area contributed by atoms with Gasteiger partial charge in [0.2, 0.25) is 0 Å². The Balaban J connectivity index is 2.14. The van der Waals surface area contributed by atoms with E-state index in [1.54, 1.807) is 0 Å². The van der Waals surface area contributed by atoms with E-state index in [1.807, 2.05) is 23.9 Å². The number of benzene rings is 1. The highest BCUT2D eigenvalue weighted by molar-refractivity contribution is 7.99. The molecule has 0 amide bonds. The Kier molecular flexibility index (Phi) is 7.13. The fourth-order valence-electron chi connectivity index (χ4n) is 1.78. The second-order valence-electron chi connectivity index (χ2n) is 4.09. The SMILES string of the molecule is CCN(CC)CCSCCc1ccccc1N. The molecule has 17 heavy (non-hydrogen) atoms. The van der Waals surface area contributed by atoms with Crippen molar-refractivity contribution in [2.75, 3.05) is 36.9 Å². The van der Waals surface area contributed by atoms with Gasteiger partial charge in [-0.05, 0) is 36.9 Å². The van der Waals surface area contributed by atoms with E-state index >= 15 is 0 Å².